The second-order valence-electron chi connectivity index (χ2n) is 5.05. The summed E-state index contributed by atoms with van der Waals surface area (Å²) in [6, 6.07) is 12.6. The Morgan fingerprint density at radius 3 is 2.68 bits per heavy atom. The van der Waals surface area contributed by atoms with Crippen molar-refractivity contribution >= 4 is 28.9 Å². The fourth-order valence-electron chi connectivity index (χ4n) is 2.15. The minimum absolute atomic E-state index is 0.00181. The minimum Gasteiger partial charge on any atom is -0.451 e. The van der Waals surface area contributed by atoms with Crippen LogP contribution in [-0.4, -0.2) is 10.8 Å². The molecule has 0 spiro atoms. The van der Waals surface area contributed by atoms with Crippen molar-refractivity contribution in [1.29, 1.82) is 0 Å². The lowest BCUT2D eigenvalue weighted by Gasteiger charge is -2.04. The molecular formula is C17H10ClFN2O4. The Hall–Kier alpha value is -3.19. The van der Waals surface area contributed by atoms with E-state index in [-0.39, 0.29) is 16.5 Å². The largest absolute Gasteiger partial charge is 0.451 e. The van der Waals surface area contributed by atoms with E-state index in [4.69, 9.17) is 16.0 Å². The Morgan fingerprint density at radius 2 is 1.96 bits per heavy atom. The van der Waals surface area contributed by atoms with E-state index in [9.17, 15) is 19.3 Å². The quantitative estimate of drug-likeness (QED) is 0.529. The fraction of sp³-hybridized carbons (Fsp3) is 0. The molecule has 8 heteroatoms. The lowest BCUT2D eigenvalue weighted by atomic mass is 10.1. The van der Waals surface area contributed by atoms with E-state index in [1.165, 1.54) is 42.5 Å². The van der Waals surface area contributed by atoms with E-state index in [0.29, 0.717) is 17.0 Å². The molecule has 0 saturated heterocycles. The maximum absolute atomic E-state index is 13.1. The molecule has 1 aromatic heterocycles. The van der Waals surface area contributed by atoms with Gasteiger partial charge in [0.25, 0.3) is 11.6 Å². The third-order valence-corrected chi connectivity index (χ3v) is 3.64. The SMILES string of the molecule is O=C(Nc1ccc(F)c(Cl)c1)c1ccc(-c2cccc([N+](=O)[O-])c2)o1. The molecule has 0 fully saturated rings. The van der Waals surface area contributed by atoms with Crippen molar-refractivity contribution in [3.05, 3.63) is 81.3 Å². The summed E-state index contributed by atoms with van der Waals surface area (Å²) in [7, 11) is 0. The van der Waals surface area contributed by atoms with Crippen molar-refractivity contribution in [1.82, 2.24) is 0 Å². The summed E-state index contributed by atoms with van der Waals surface area (Å²) in [5.41, 5.74) is 0.698. The number of non-ortho nitro benzene ring substituents is 1. The topological polar surface area (TPSA) is 85.4 Å². The van der Waals surface area contributed by atoms with Gasteiger partial charge in [-0.25, -0.2) is 4.39 Å². The van der Waals surface area contributed by atoms with Gasteiger partial charge in [-0.3, -0.25) is 14.9 Å². The van der Waals surface area contributed by atoms with Crippen LogP contribution in [0.5, 0.6) is 0 Å². The molecule has 1 heterocycles. The van der Waals surface area contributed by atoms with E-state index in [1.807, 2.05) is 0 Å². The molecule has 0 aliphatic rings. The van der Waals surface area contributed by atoms with Crippen molar-refractivity contribution in [3.8, 4) is 11.3 Å². The number of anilines is 1. The van der Waals surface area contributed by atoms with E-state index in [0.717, 1.165) is 6.07 Å². The Bertz CT molecular complexity index is 971. The van der Waals surface area contributed by atoms with Crippen LogP contribution in [0.15, 0.2) is 59.0 Å². The van der Waals surface area contributed by atoms with Gasteiger partial charge in [0.15, 0.2) is 5.76 Å². The summed E-state index contributed by atoms with van der Waals surface area (Å²) in [6.07, 6.45) is 0. The second kappa shape index (κ2) is 6.74. The second-order valence-corrected chi connectivity index (χ2v) is 5.46. The van der Waals surface area contributed by atoms with Crippen molar-refractivity contribution in [2.24, 2.45) is 0 Å². The van der Waals surface area contributed by atoms with Gasteiger partial charge in [-0.15, -0.1) is 0 Å². The average Bonchev–Trinajstić information content (AvgIpc) is 3.08. The number of rotatable bonds is 4. The van der Waals surface area contributed by atoms with Gasteiger partial charge in [0, 0.05) is 23.4 Å². The molecule has 3 aromatic rings. The number of furan rings is 1. The third kappa shape index (κ3) is 3.67. The van der Waals surface area contributed by atoms with E-state index in [2.05, 4.69) is 5.32 Å². The van der Waals surface area contributed by atoms with Gasteiger partial charge in [-0.05, 0) is 30.3 Å². The summed E-state index contributed by atoms with van der Waals surface area (Å²) < 4.78 is 18.6. The number of halogens is 2. The van der Waals surface area contributed by atoms with Crippen LogP contribution in [0.25, 0.3) is 11.3 Å². The van der Waals surface area contributed by atoms with Crippen LogP contribution in [0.1, 0.15) is 10.6 Å². The van der Waals surface area contributed by atoms with Crippen molar-refractivity contribution < 1.29 is 18.5 Å². The Morgan fingerprint density at radius 1 is 1.16 bits per heavy atom. The number of carbonyl (C=O) groups excluding carboxylic acids is 1. The van der Waals surface area contributed by atoms with Gasteiger partial charge >= 0.3 is 0 Å². The monoisotopic (exact) mass is 360 g/mol. The smallest absolute Gasteiger partial charge is 0.291 e. The predicted octanol–water partition coefficient (Wildman–Crippen LogP) is 4.90. The molecular weight excluding hydrogens is 351 g/mol. The van der Waals surface area contributed by atoms with Gasteiger partial charge in [-0.2, -0.15) is 0 Å². The Labute approximate surface area is 146 Å². The molecule has 0 atom stereocenters. The molecule has 126 valence electrons. The van der Waals surface area contributed by atoms with Crippen LogP contribution in [0.4, 0.5) is 15.8 Å². The molecule has 25 heavy (non-hydrogen) atoms. The molecule has 0 saturated carbocycles. The van der Waals surface area contributed by atoms with Crippen LogP contribution < -0.4 is 5.32 Å². The van der Waals surface area contributed by atoms with E-state index >= 15 is 0 Å². The maximum atomic E-state index is 13.1. The first kappa shape index (κ1) is 16.7. The summed E-state index contributed by atoms with van der Waals surface area (Å²) in [5.74, 6) is -0.835. The molecule has 0 aliphatic carbocycles. The van der Waals surface area contributed by atoms with Crippen LogP contribution in [0.2, 0.25) is 5.02 Å². The summed E-state index contributed by atoms with van der Waals surface area (Å²) in [5, 5.41) is 13.2. The summed E-state index contributed by atoms with van der Waals surface area (Å²) >= 11 is 5.66. The van der Waals surface area contributed by atoms with Gasteiger partial charge in [-0.1, -0.05) is 23.7 Å². The van der Waals surface area contributed by atoms with Crippen LogP contribution in [0, 0.1) is 15.9 Å². The normalized spacial score (nSPS) is 10.5. The van der Waals surface area contributed by atoms with Gasteiger partial charge in [0.05, 0.1) is 9.95 Å². The number of nitro benzene ring substituents is 1. The molecule has 6 nitrogen and oxygen atoms in total. The zero-order chi connectivity index (χ0) is 18.0. The molecule has 0 aliphatic heterocycles. The molecule has 0 unspecified atom stereocenters. The van der Waals surface area contributed by atoms with Crippen LogP contribution in [0.3, 0.4) is 0 Å². The fourth-order valence-corrected chi connectivity index (χ4v) is 2.33. The van der Waals surface area contributed by atoms with Crippen LogP contribution in [-0.2, 0) is 0 Å². The molecule has 2 aromatic carbocycles. The molecule has 1 amide bonds. The zero-order valence-electron chi connectivity index (χ0n) is 12.5. The van der Waals surface area contributed by atoms with Gasteiger partial charge < -0.3 is 9.73 Å². The first-order valence-corrected chi connectivity index (χ1v) is 7.43. The first-order chi connectivity index (χ1) is 11.9. The van der Waals surface area contributed by atoms with Crippen molar-refractivity contribution in [2.45, 2.75) is 0 Å². The number of nitrogens with one attached hydrogen (secondary N) is 1. The van der Waals surface area contributed by atoms with Gasteiger partial charge in [0.2, 0.25) is 0 Å². The first-order valence-electron chi connectivity index (χ1n) is 7.05. The molecule has 3 rings (SSSR count). The van der Waals surface area contributed by atoms with E-state index < -0.39 is 16.6 Å². The Kier molecular flexibility index (Phi) is 4.49. The van der Waals surface area contributed by atoms with Crippen molar-refractivity contribution in [2.75, 3.05) is 5.32 Å². The summed E-state index contributed by atoms with van der Waals surface area (Å²) in [6.45, 7) is 0. The van der Waals surface area contributed by atoms with Crippen molar-refractivity contribution in [3.63, 3.8) is 0 Å². The maximum Gasteiger partial charge on any atom is 0.291 e. The third-order valence-electron chi connectivity index (χ3n) is 3.35. The number of hydrogen-bond acceptors (Lipinski definition) is 4. The predicted molar refractivity (Wildman–Crippen MR) is 90.2 cm³/mol. The highest BCUT2D eigenvalue weighted by atomic mass is 35.5. The Balaban J connectivity index is 1.81. The number of carbonyl (C=O) groups is 1. The standard InChI is InChI=1S/C17H10ClFN2O4/c18-13-9-11(4-5-14(13)19)20-17(22)16-7-6-15(25-16)10-2-1-3-12(8-10)21(23)24/h1-9H,(H,20,22). The molecule has 0 radical (unpaired) electrons. The number of amides is 1. The lowest BCUT2D eigenvalue weighted by molar-refractivity contribution is -0.384. The van der Waals surface area contributed by atoms with E-state index in [1.54, 1.807) is 6.07 Å². The highest BCUT2D eigenvalue weighted by molar-refractivity contribution is 6.31. The number of hydrogen-bond donors (Lipinski definition) is 1. The van der Waals surface area contributed by atoms with Crippen LogP contribution >= 0.6 is 11.6 Å². The minimum atomic E-state index is -0.592. The number of benzene rings is 2. The lowest BCUT2D eigenvalue weighted by Crippen LogP contribution is -2.10. The average molecular weight is 361 g/mol. The molecule has 0 bridgehead atoms. The summed E-state index contributed by atoms with van der Waals surface area (Å²) in [4.78, 5) is 22.5. The molecule has 1 N–H and O–H groups in total. The zero-order valence-corrected chi connectivity index (χ0v) is 13.3. The highest BCUT2D eigenvalue weighted by Gasteiger charge is 2.15. The number of nitro groups is 1. The van der Waals surface area contributed by atoms with Gasteiger partial charge in [0.1, 0.15) is 11.6 Å². The highest BCUT2D eigenvalue weighted by Crippen LogP contribution is 2.26. The number of nitrogens with zero attached hydrogens (tertiary/aromatic N) is 1.